The third-order valence-corrected chi connectivity index (χ3v) is 4.91. The van der Waals surface area contributed by atoms with Gasteiger partial charge in [-0.1, -0.05) is 6.58 Å². The summed E-state index contributed by atoms with van der Waals surface area (Å²) < 4.78 is 5.63. The van der Waals surface area contributed by atoms with Crippen molar-refractivity contribution in [3.8, 4) is 0 Å². The van der Waals surface area contributed by atoms with Crippen LogP contribution in [0.15, 0.2) is 36.9 Å². The Morgan fingerprint density at radius 2 is 2.04 bits per heavy atom. The molecule has 1 unspecified atom stereocenters. The fourth-order valence-corrected chi connectivity index (χ4v) is 3.39. The molecule has 1 N–H and O–H groups in total. The number of H-pyrrole nitrogens is 1. The second-order valence-electron chi connectivity index (χ2n) is 6.59. The number of aryl methyl sites for hydroxylation is 2. The number of likely N-dealkylation sites (N-methyl/N-ethyl adjacent to an activating group) is 1. The molecule has 1 aromatic heterocycles. The second-order valence-corrected chi connectivity index (χ2v) is 6.59. The standard InChI is InChI=1S/C20H24N4O3/c1-5-18(25)23(4)16-8-6-15(7-9-16)20(26)24-10-11-27-12-17(24)19-13(2)21-22-14(19)3/h5-9,17H,1,10-12H2,2-4H3,(H,21,22). The highest BCUT2D eigenvalue weighted by Gasteiger charge is 2.32. The Kier molecular flexibility index (Phi) is 5.41. The van der Waals surface area contributed by atoms with Gasteiger partial charge in [-0.05, 0) is 44.2 Å². The zero-order chi connectivity index (χ0) is 19.6. The minimum Gasteiger partial charge on any atom is -0.377 e. The van der Waals surface area contributed by atoms with Gasteiger partial charge < -0.3 is 14.5 Å². The van der Waals surface area contributed by atoms with E-state index in [1.165, 1.54) is 11.0 Å². The van der Waals surface area contributed by atoms with Crippen molar-refractivity contribution in [1.82, 2.24) is 15.1 Å². The van der Waals surface area contributed by atoms with Crippen molar-refractivity contribution in [3.05, 3.63) is 59.4 Å². The molecule has 2 amide bonds. The summed E-state index contributed by atoms with van der Waals surface area (Å²) in [6.45, 7) is 8.84. The molecule has 1 atom stereocenters. The summed E-state index contributed by atoms with van der Waals surface area (Å²) in [5.74, 6) is -0.263. The highest BCUT2D eigenvalue weighted by molar-refractivity contribution is 6.01. The fourth-order valence-electron chi connectivity index (χ4n) is 3.39. The second kappa shape index (κ2) is 7.75. The molecule has 142 valence electrons. The van der Waals surface area contributed by atoms with Gasteiger partial charge in [-0.2, -0.15) is 5.10 Å². The molecule has 3 rings (SSSR count). The summed E-state index contributed by atoms with van der Waals surface area (Å²) in [6, 6.07) is 6.84. The molecular weight excluding hydrogens is 344 g/mol. The number of carbonyl (C=O) groups excluding carboxylic acids is 2. The summed E-state index contributed by atoms with van der Waals surface area (Å²) in [5.41, 5.74) is 4.11. The van der Waals surface area contributed by atoms with E-state index < -0.39 is 0 Å². The number of aromatic nitrogens is 2. The van der Waals surface area contributed by atoms with Gasteiger partial charge >= 0.3 is 0 Å². The third kappa shape index (κ3) is 3.64. The number of hydrogen-bond acceptors (Lipinski definition) is 4. The molecule has 7 nitrogen and oxygen atoms in total. The van der Waals surface area contributed by atoms with Gasteiger partial charge in [0.25, 0.3) is 5.91 Å². The normalized spacial score (nSPS) is 16.9. The number of nitrogens with one attached hydrogen (secondary N) is 1. The summed E-state index contributed by atoms with van der Waals surface area (Å²) in [4.78, 5) is 28.2. The molecule has 0 spiro atoms. The van der Waals surface area contributed by atoms with Crippen molar-refractivity contribution in [1.29, 1.82) is 0 Å². The molecule has 1 aliphatic heterocycles. The van der Waals surface area contributed by atoms with E-state index in [2.05, 4.69) is 16.8 Å². The first-order valence-electron chi connectivity index (χ1n) is 8.84. The molecule has 2 heterocycles. The number of aromatic amines is 1. The summed E-state index contributed by atoms with van der Waals surface area (Å²) in [7, 11) is 1.67. The molecule has 7 heteroatoms. The van der Waals surface area contributed by atoms with Gasteiger partial charge in [0.2, 0.25) is 5.91 Å². The number of anilines is 1. The Balaban J connectivity index is 1.85. The van der Waals surface area contributed by atoms with Crippen LogP contribution in [0.25, 0.3) is 0 Å². The van der Waals surface area contributed by atoms with E-state index in [0.717, 1.165) is 17.0 Å². The molecule has 2 aromatic rings. The first kappa shape index (κ1) is 18.8. The van der Waals surface area contributed by atoms with E-state index in [9.17, 15) is 9.59 Å². The number of nitrogens with zero attached hydrogens (tertiary/aromatic N) is 3. The van der Waals surface area contributed by atoms with Gasteiger partial charge in [-0.3, -0.25) is 14.7 Å². The zero-order valence-electron chi connectivity index (χ0n) is 15.9. The molecule has 1 saturated heterocycles. The van der Waals surface area contributed by atoms with Crippen LogP contribution in [0.3, 0.4) is 0 Å². The van der Waals surface area contributed by atoms with Gasteiger partial charge in [-0.15, -0.1) is 0 Å². The van der Waals surface area contributed by atoms with Crippen LogP contribution in [0.1, 0.15) is 33.4 Å². The molecule has 0 bridgehead atoms. The van der Waals surface area contributed by atoms with E-state index in [1.807, 2.05) is 18.7 Å². The minimum absolute atomic E-state index is 0.0625. The zero-order valence-corrected chi connectivity index (χ0v) is 15.9. The van der Waals surface area contributed by atoms with E-state index >= 15 is 0 Å². The first-order valence-corrected chi connectivity index (χ1v) is 8.84. The smallest absolute Gasteiger partial charge is 0.254 e. The Morgan fingerprint density at radius 3 is 2.63 bits per heavy atom. The lowest BCUT2D eigenvalue weighted by Crippen LogP contribution is -2.43. The SMILES string of the molecule is C=CC(=O)N(C)c1ccc(C(=O)N2CCOCC2c2c(C)n[nH]c2C)cc1. The van der Waals surface area contributed by atoms with E-state index in [-0.39, 0.29) is 17.9 Å². The molecule has 0 radical (unpaired) electrons. The van der Waals surface area contributed by atoms with Crippen LogP contribution in [0.5, 0.6) is 0 Å². The van der Waals surface area contributed by atoms with Crippen LogP contribution in [0.4, 0.5) is 5.69 Å². The molecule has 0 saturated carbocycles. The Bertz CT molecular complexity index is 837. The average molecular weight is 368 g/mol. The van der Waals surface area contributed by atoms with Crippen LogP contribution >= 0.6 is 0 Å². The predicted octanol–water partition coefficient (Wildman–Crippen LogP) is 2.39. The van der Waals surface area contributed by atoms with Crippen LogP contribution in [-0.2, 0) is 9.53 Å². The van der Waals surface area contributed by atoms with Crippen molar-refractivity contribution in [3.63, 3.8) is 0 Å². The Hall–Kier alpha value is -2.93. The van der Waals surface area contributed by atoms with E-state index in [1.54, 1.807) is 31.3 Å². The van der Waals surface area contributed by atoms with Gasteiger partial charge in [0.1, 0.15) is 0 Å². The average Bonchev–Trinajstić information content (AvgIpc) is 3.04. The molecule has 0 aliphatic carbocycles. The van der Waals surface area contributed by atoms with Crippen molar-refractivity contribution in [2.24, 2.45) is 0 Å². The molecule has 1 aromatic carbocycles. The van der Waals surface area contributed by atoms with Gasteiger partial charge in [0.15, 0.2) is 0 Å². The summed E-state index contributed by atoms with van der Waals surface area (Å²) >= 11 is 0. The number of benzene rings is 1. The molecule has 27 heavy (non-hydrogen) atoms. The third-order valence-electron chi connectivity index (χ3n) is 4.91. The highest BCUT2D eigenvalue weighted by atomic mass is 16.5. The summed E-state index contributed by atoms with van der Waals surface area (Å²) in [6.07, 6.45) is 1.26. The lowest BCUT2D eigenvalue weighted by Gasteiger charge is -2.36. The van der Waals surface area contributed by atoms with Crippen LogP contribution in [0.2, 0.25) is 0 Å². The fraction of sp³-hybridized carbons (Fsp3) is 0.350. The monoisotopic (exact) mass is 368 g/mol. The number of ether oxygens (including phenoxy) is 1. The quantitative estimate of drug-likeness (QED) is 0.841. The van der Waals surface area contributed by atoms with Crippen molar-refractivity contribution in [2.45, 2.75) is 19.9 Å². The maximum absolute atomic E-state index is 13.1. The maximum atomic E-state index is 13.1. The lowest BCUT2D eigenvalue weighted by atomic mass is 10.0. The topological polar surface area (TPSA) is 78.5 Å². The Labute approximate surface area is 158 Å². The molecule has 1 aliphatic rings. The van der Waals surface area contributed by atoms with Gasteiger partial charge in [0.05, 0.1) is 24.9 Å². The largest absolute Gasteiger partial charge is 0.377 e. The minimum atomic E-state index is -0.201. The number of hydrogen-bond donors (Lipinski definition) is 1. The molecular formula is C20H24N4O3. The lowest BCUT2D eigenvalue weighted by molar-refractivity contribution is -0.113. The van der Waals surface area contributed by atoms with Crippen LogP contribution in [-0.4, -0.2) is 53.7 Å². The highest BCUT2D eigenvalue weighted by Crippen LogP contribution is 2.30. The van der Waals surface area contributed by atoms with Crippen molar-refractivity contribution >= 4 is 17.5 Å². The van der Waals surface area contributed by atoms with Gasteiger partial charge in [-0.25, -0.2) is 0 Å². The maximum Gasteiger partial charge on any atom is 0.254 e. The summed E-state index contributed by atoms with van der Waals surface area (Å²) in [5, 5.41) is 7.23. The van der Waals surface area contributed by atoms with E-state index in [0.29, 0.717) is 31.0 Å². The van der Waals surface area contributed by atoms with Crippen molar-refractivity contribution in [2.75, 3.05) is 31.7 Å². The predicted molar refractivity (Wildman–Crippen MR) is 103 cm³/mol. The van der Waals surface area contributed by atoms with Crippen LogP contribution in [0, 0.1) is 13.8 Å². The number of amides is 2. The molecule has 1 fully saturated rings. The van der Waals surface area contributed by atoms with Crippen molar-refractivity contribution < 1.29 is 14.3 Å². The number of rotatable bonds is 4. The van der Waals surface area contributed by atoms with E-state index in [4.69, 9.17) is 4.74 Å². The first-order chi connectivity index (χ1) is 12.9. The number of carbonyl (C=O) groups is 2. The number of morpholine rings is 1. The Morgan fingerprint density at radius 1 is 1.33 bits per heavy atom. The van der Waals surface area contributed by atoms with Crippen LogP contribution < -0.4 is 4.90 Å². The van der Waals surface area contributed by atoms with Gasteiger partial charge in [0, 0.05) is 36.1 Å².